The van der Waals surface area contributed by atoms with Gasteiger partial charge in [0.15, 0.2) is 5.82 Å². The van der Waals surface area contributed by atoms with Crippen molar-refractivity contribution in [2.24, 2.45) is 0 Å². The zero-order chi connectivity index (χ0) is 21.6. The molecule has 1 aromatic heterocycles. The van der Waals surface area contributed by atoms with Crippen LogP contribution in [0.2, 0.25) is 0 Å². The second-order valence-corrected chi connectivity index (χ2v) is 8.62. The highest BCUT2D eigenvalue weighted by atomic mass is 32.2. The molecule has 162 valence electrons. The topological polar surface area (TPSA) is 126 Å². The molecule has 2 aromatic rings. The summed E-state index contributed by atoms with van der Waals surface area (Å²) < 4.78 is 33.1. The van der Waals surface area contributed by atoms with Crippen molar-refractivity contribution in [1.29, 1.82) is 0 Å². The molecule has 3 rings (SSSR count). The Bertz CT molecular complexity index is 992. The largest absolute Gasteiger partial charge is 0.378 e. The number of rotatable bonds is 8. The molecule has 1 amide bonds. The summed E-state index contributed by atoms with van der Waals surface area (Å²) in [6.07, 6.45) is 1.70. The Hall–Kier alpha value is -2.76. The van der Waals surface area contributed by atoms with Crippen LogP contribution >= 0.6 is 0 Å². The van der Waals surface area contributed by atoms with Gasteiger partial charge in [-0.15, -0.1) is 5.10 Å². The van der Waals surface area contributed by atoms with Crippen LogP contribution in [-0.4, -0.2) is 63.9 Å². The Morgan fingerprint density at radius 3 is 2.67 bits per heavy atom. The number of nitrogens with zero attached hydrogens (tertiary/aromatic N) is 3. The summed E-state index contributed by atoms with van der Waals surface area (Å²) in [6, 6.07) is 6.56. The molecule has 1 aromatic carbocycles. The van der Waals surface area contributed by atoms with Gasteiger partial charge in [0.1, 0.15) is 0 Å². The van der Waals surface area contributed by atoms with Crippen molar-refractivity contribution >= 4 is 33.1 Å². The van der Waals surface area contributed by atoms with E-state index < -0.39 is 10.0 Å². The molecular formula is C19H26N6O4S. The van der Waals surface area contributed by atoms with Gasteiger partial charge in [-0.3, -0.25) is 4.79 Å². The number of anilines is 3. The van der Waals surface area contributed by atoms with E-state index in [1.54, 1.807) is 25.3 Å². The van der Waals surface area contributed by atoms with E-state index in [0.717, 1.165) is 18.8 Å². The third kappa shape index (κ3) is 5.88. The molecule has 11 heteroatoms. The minimum absolute atomic E-state index is 0.172. The molecule has 3 N–H and O–H groups in total. The van der Waals surface area contributed by atoms with Gasteiger partial charge >= 0.3 is 0 Å². The fraction of sp³-hybridized carbons (Fsp3) is 0.421. The first-order valence-electron chi connectivity index (χ1n) is 9.62. The number of ether oxygens (including phenoxy) is 1. The van der Waals surface area contributed by atoms with E-state index >= 15 is 0 Å². The van der Waals surface area contributed by atoms with Gasteiger partial charge in [-0.1, -0.05) is 0 Å². The predicted molar refractivity (Wildman–Crippen MR) is 114 cm³/mol. The Kier molecular flexibility index (Phi) is 7.19. The van der Waals surface area contributed by atoms with Gasteiger partial charge in [-0.2, -0.15) is 5.10 Å². The molecule has 1 aliphatic heterocycles. The summed E-state index contributed by atoms with van der Waals surface area (Å²) in [5, 5.41) is 13.8. The summed E-state index contributed by atoms with van der Waals surface area (Å²) in [7, 11) is -3.68. The van der Waals surface area contributed by atoms with Gasteiger partial charge in [0.25, 0.3) is 0 Å². The zero-order valence-electron chi connectivity index (χ0n) is 17.0. The molecule has 2 heterocycles. The van der Waals surface area contributed by atoms with Crippen LogP contribution in [0.25, 0.3) is 0 Å². The SMILES string of the molecule is CC(=O)Nc1ccc(S(=O)(=O)NCCNc2cc(N3CCOCC3)cnn2)c(C)c1. The lowest BCUT2D eigenvalue weighted by Gasteiger charge is -2.28. The highest BCUT2D eigenvalue weighted by Gasteiger charge is 2.17. The molecule has 0 unspecified atom stereocenters. The van der Waals surface area contributed by atoms with Crippen molar-refractivity contribution in [2.45, 2.75) is 18.7 Å². The Morgan fingerprint density at radius 1 is 1.20 bits per heavy atom. The second kappa shape index (κ2) is 9.83. The lowest BCUT2D eigenvalue weighted by molar-refractivity contribution is -0.114. The van der Waals surface area contributed by atoms with Crippen LogP contribution in [0.3, 0.4) is 0 Å². The number of benzene rings is 1. The van der Waals surface area contributed by atoms with Gasteiger partial charge in [-0.25, -0.2) is 13.1 Å². The van der Waals surface area contributed by atoms with Gasteiger partial charge in [-0.05, 0) is 30.7 Å². The fourth-order valence-electron chi connectivity index (χ4n) is 3.12. The maximum absolute atomic E-state index is 12.6. The average Bonchev–Trinajstić information content (AvgIpc) is 2.71. The van der Waals surface area contributed by atoms with Crippen molar-refractivity contribution in [3.8, 4) is 0 Å². The van der Waals surface area contributed by atoms with Crippen molar-refractivity contribution in [3.63, 3.8) is 0 Å². The van der Waals surface area contributed by atoms with Gasteiger partial charge in [0, 0.05) is 44.9 Å². The molecule has 0 aliphatic carbocycles. The number of aryl methyl sites for hydroxylation is 1. The molecule has 1 aliphatic rings. The smallest absolute Gasteiger partial charge is 0.240 e. The lowest BCUT2D eigenvalue weighted by atomic mass is 10.2. The highest BCUT2D eigenvalue weighted by molar-refractivity contribution is 7.89. The first kappa shape index (κ1) is 21.9. The quantitative estimate of drug-likeness (QED) is 0.525. The van der Waals surface area contributed by atoms with Crippen LogP contribution in [0.5, 0.6) is 0 Å². The molecule has 30 heavy (non-hydrogen) atoms. The number of hydrogen-bond donors (Lipinski definition) is 3. The van der Waals surface area contributed by atoms with Gasteiger partial charge in [0.05, 0.1) is 30.0 Å². The molecule has 1 fully saturated rings. The standard InChI is InChI=1S/C19H26N6O4S/c1-14-11-16(23-15(2)26)3-4-18(14)30(27,28)22-6-5-20-19-12-17(13-21-24-19)25-7-9-29-10-8-25/h3-4,11-13,22H,5-10H2,1-2H3,(H,20,24)(H,23,26). The summed E-state index contributed by atoms with van der Waals surface area (Å²) in [6.45, 7) is 6.56. The molecule has 10 nitrogen and oxygen atoms in total. The van der Waals surface area contributed by atoms with Crippen molar-refractivity contribution in [1.82, 2.24) is 14.9 Å². The van der Waals surface area contributed by atoms with E-state index in [1.807, 2.05) is 6.07 Å². The van der Waals surface area contributed by atoms with E-state index in [1.165, 1.54) is 13.0 Å². The Balaban J connectivity index is 1.54. The maximum Gasteiger partial charge on any atom is 0.240 e. The number of carbonyl (C=O) groups excluding carboxylic acids is 1. The second-order valence-electron chi connectivity index (χ2n) is 6.88. The van der Waals surface area contributed by atoms with E-state index in [0.29, 0.717) is 36.8 Å². The molecule has 0 radical (unpaired) electrons. The molecule has 0 saturated carbocycles. The van der Waals surface area contributed by atoms with Crippen LogP contribution in [0.4, 0.5) is 17.2 Å². The third-order valence-electron chi connectivity index (χ3n) is 4.52. The number of amides is 1. The zero-order valence-corrected chi connectivity index (χ0v) is 17.8. The molecule has 0 spiro atoms. The number of aromatic nitrogens is 2. The molecule has 0 atom stereocenters. The average molecular weight is 435 g/mol. The van der Waals surface area contributed by atoms with E-state index in [-0.39, 0.29) is 17.3 Å². The minimum Gasteiger partial charge on any atom is -0.378 e. The Labute approximate surface area is 176 Å². The van der Waals surface area contributed by atoms with Crippen LogP contribution in [-0.2, 0) is 19.6 Å². The maximum atomic E-state index is 12.6. The van der Waals surface area contributed by atoms with E-state index in [9.17, 15) is 13.2 Å². The van der Waals surface area contributed by atoms with Gasteiger partial charge < -0.3 is 20.3 Å². The number of hydrogen-bond acceptors (Lipinski definition) is 8. The van der Waals surface area contributed by atoms with Crippen molar-refractivity contribution < 1.29 is 17.9 Å². The highest BCUT2D eigenvalue weighted by Crippen LogP contribution is 2.20. The molecule has 1 saturated heterocycles. The summed E-state index contributed by atoms with van der Waals surface area (Å²) in [5.41, 5.74) is 2.05. The van der Waals surface area contributed by atoms with Crippen molar-refractivity contribution in [2.75, 3.05) is 54.9 Å². The van der Waals surface area contributed by atoms with Crippen LogP contribution < -0.4 is 20.3 Å². The van der Waals surface area contributed by atoms with Crippen LogP contribution in [0, 0.1) is 6.92 Å². The summed E-state index contributed by atoms with van der Waals surface area (Å²) in [5.74, 6) is 0.365. The number of carbonyl (C=O) groups is 1. The number of morpholine rings is 1. The van der Waals surface area contributed by atoms with E-state index in [2.05, 4.69) is 30.5 Å². The van der Waals surface area contributed by atoms with Crippen LogP contribution in [0.15, 0.2) is 35.4 Å². The first-order chi connectivity index (χ1) is 14.3. The van der Waals surface area contributed by atoms with Crippen molar-refractivity contribution in [3.05, 3.63) is 36.0 Å². The number of nitrogens with one attached hydrogen (secondary N) is 3. The first-order valence-corrected chi connectivity index (χ1v) is 11.1. The minimum atomic E-state index is -3.68. The lowest BCUT2D eigenvalue weighted by Crippen LogP contribution is -2.36. The normalized spacial score (nSPS) is 14.4. The fourth-order valence-corrected chi connectivity index (χ4v) is 4.38. The monoisotopic (exact) mass is 434 g/mol. The number of sulfonamides is 1. The van der Waals surface area contributed by atoms with Gasteiger partial charge in [0.2, 0.25) is 15.9 Å². The summed E-state index contributed by atoms with van der Waals surface area (Å²) in [4.78, 5) is 13.5. The third-order valence-corrected chi connectivity index (χ3v) is 6.15. The Morgan fingerprint density at radius 2 is 1.97 bits per heavy atom. The van der Waals surface area contributed by atoms with E-state index in [4.69, 9.17) is 4.74 Å². The molecular weight excluding hydrogens is 408 g/mol. The summed E-state index contributed by atoms with van der Waals surface area (Å²) >= 11 is 0. The predicted octanol–water partition coefficient (Wildman–Crippen LogP) is 0.970. The molecule has 0 bridgehead atoms. The van der Waals surface area contributed by atoms with Crippen LogP contribution in [0.1, 0.15) is 12.5 Å².